The number of H-pyrrole nitrogens is 1. The second kappa shape index (κ2) is 9.07. The highest BCUT2D eigenvalue weighted by atomic mass is 32.1. The van der Waals surface area contributed by atoms with Crippen LogP contribution in [0.15, 0.2) is 35.0 Å². The summed E-state index contributed by atoms with van der Waals surface area (Å²) >= 11 is 8.32. The Labute approximate surface area is 169 Å². The summed E-state index contributed by atoms with van der Waals surface area (Å²) < 4.78 is 7.01. The van der Waals surface area contributed by atoms with E-state index in [1.807, 2.05) is 35.0 Å². The van der Waals surface area contributed by atoms with E-state index in [1.165, 1.54) is 18.4 Å². The fourth-order valence-corrected chi connectivity index (χ4v) is 4.28. The van der Waals surface area contributed by atoms with Crippen LogP contribution in [0.1, 0.15) is 23.8 Å². The van der Waals surface area contributed by atoms with Gasteiger partial charge < -0.3 is 10.1 Å². The average molecular weight is 423 g/mol. The summed E-state index contributed by atoms with van der Waals surface area (Å²) in [4.78, 5) is 26.0. The first kappa shape index (κ1) is 19.5. The Kier molecular flexibility index (Phi) is 6.54. The van der Waals surface area contributed by atoms with Gasteiger partial charge in [-0.1, -0.05) is 12.1 Å². The summed E-state index contributed by atoms with van der Waals surface area (Å²) in [7, 11) is 1.34. The number of nitrogens with zero attached hydrogens (tertiary/aromatic N) is 2. The quantitative estimate of drug-likeness (QED) is 0.428. The van der Waals surface area contributed by atoms with Crippen molar-refractivity contribution in [2.75, 3.05) is 7.11 Å². The van der Waals surface area contributed by atoms with Crippen LogP contribution in [0, 0.1) is 4.77 Å². The number of methoxy groups -OCH3 is 1. The lowest BCUT2D eigenvalue weighted by atomic mass is 10.1. The molecule has 0 saturated carbocycles. The van der Waals surface area contributed by atoms with Gasteiger partial charge in [-0.2, -0.15) is 5.10 Å². The van der Waals surface area contributed by atoms with E-state index in [9.17, 15) is 9.59 Å². The van der Waals surface area contributed by atoms with Gasteiger partial charge in [0.15, 0.2) is 10.6 Å². The molecule has 1 unspecified atom stereocenters. The Morgan fingerprint density at radius 1 is 1.33 bits per heavy atom. The SMILES string of the molecule is COC(=O)CC(NC(=O)CCn1c(-c2cccs2)n[nH]c1=S)c1cccs1. The van der Waals surface area contributed by atoms with Gasteiger partial charge in [0.2, 0.25) is 5.91 Å². The van der Waals surface area contributed by atoms with E-state index in [1.54, 1.807) is 15.9 Å². The zero-order chi connectivity index (χ0) is 19.2. The Bertz CT molecular complexity index is 945. The maximum absolute atomic E-state index is 12.5. The molecule has 1 amide bonds. The first-order valence-electron chi connectivity index (χ1n) is 8.17. The highest BCUT2D eigenvalue weighted by molar-refractivity contribution is 7.71. The van der Waals surface area contributed by atoms with Gasteiger partial charge in [-0.3, -0.25) is 19.3 Å². The lowest BCUT2D eigenvalue weighted by Crippen LogP contribution is -2.30. The Morgan fingerprint density at radius 2 is 2.11 bits per heavy atom. The monoisotopic (exact) mass is 422 g/mol. The van der Waals surface area contributed by atoms with Gasteiger partial charge in [-0.15, -0.1) is 22.7 Å². The van der Waals surface area contributed by atoms with E-state index in [2.05, 4.69) is 15.5 Å². The molecule has 1 atom stereocenters. The van der Waals surface area contributed by atoms with E-state index in [-0.39, 0.29) is 24.7 Å². The smallest absolute Gasteiger partial charge is 0.307 e. The molecule has 0 spiro atoms. The Balaban J connectivity index is 1.66. The molecule has 3 aromatic rings. The summed E-state index contributed by atoms with van der Waals surface area (Å²) in [6, 6.07) is 7.26. The van der Waals surface area contributed by atoms with Crippen molar-refractivity contribution in [1.82, 2.24) is 20.1 Å². The molecule has 0 aliphatic carbocycles. The standard InChI is InChI=1S/C17H18N4O3S3/c1-24-15(23)10-11(12-4-2-8-26-12)18-14(22)6-7-21-16(19-20-17(21)25)13-5-3-9-27-13/h2-5,8-9,11H,6-7,10H2,1H3,(H,18,22)(H,20,25). The van der Waals surface area contributed by atoms with Gasteiger partial charge >= 0.3 is 5.97 Å². The molecule has 142 valence electrons. The third-order valence-electron chi connectivity index (χ3n) is 3.88. The fourth-order valence-electron chi connectivity index (χ4n) is 2.56. The second-order valence-corrected chi connectivity index (χ2v) is 7.96. The van der Waals surface area contributed by atoms with Crippen LogP contribution in [-0.4, -0.2) is 33.8 Å². The van der Waals surface area contributed by atoms with E-state index >= 15 is 0 Å². The zero-order valence-corrected chi connectivity index (χ0v) is 17.0. The molecule has 0 saturated heterocycles. The minimum atomic E-state index is -0.404. The van der Waals surface area contributed by atoms with Gasteiger partial charge in [0.25, 0.3) is 0 Å². The molecule has 3 heterocycles. The first-order valence-corrected chi connectivity index (χ1v) is 10.3. The molecule has 2 N–H and O–H groups in total. The van der Waals surface area contributed by atoms with Crippen molar-refractivity contribution in [3.05, 3.63) is 44.7 Å². The third kappa shape index (κ3) is 4.90. The summed E-state index contributed by atoms with van der Waals surface area (Å²) in [6.45, 7) is 0.393. The molecule has 27 heavy (non-hydrogen) atoms. The lowest BCUT2D eigenvalue weighted by Gasteiger charge is -2.16. The Hall–Kier alpha value is -2.30. The van der Waals surface area contributed by atoms with Crippen molar-refractivity contribution in [3.63, 3.8) is 0 Å². The van der Waals surface area contributed by atoms with Crippen LogP contribution in [0.4, 0.5) is 0 Å². The van der Waals surface area contributed by atoms with E-state index in [0.717, 1.165) is 9.75 Å². The van der Waals surface area contributed by atoms with Crippen molar-refractivity contribution in [3.8, 4) is 10.7 Å². The number of aromatic amines is 1. The molecule has 0 bridgehead atoms. The largest absolute Gasteiger partial charge is 0.469 e. The molecule has 0 fully saturated rings. The normalized spacial score (nSPS) is 11.9. The fraction of sp³-hybridized carbons (Fsp3) is 0.294. The highest BCUT2D eigenvalue weighted by Gasteiger charge is 2.20. The Morgan fingerprint density at radius 3 is 2.78 bits per heavy atom. The molecule has 0 radical (unpaired) electrons. The maximum Gasteiger partial charge on any atom is 0.307 e. The van der Waals surface area contributed by atoms with E-state index in [0.29, 0.717) is 17.1 Å². The molecule has 10 heteroatoms. The number of nitrogens with one attached hydrogen (secondary N) is 2. The predicted molar refractivity (Wildman–Crippen MR) is 107 cm³/mol. The molecule has 3 rings (SSSR count). The van der Waals surface area contributed by atoms with Crippen LogP contribution in [0.5, 0.6) is 0 Å². The number of hydrogen-bond donors (Lipinski definition) is 2. The van der Waals surface area contributed by atoms with Crippen LogP contribution in [0.2, 0.25) is 0 Å². The van der Waals surface area contributed by atoms with E-state index < -0.39 is 6.04 Å². The summed E-state index contributed by atoms with van der Waals surface area (Å²) in [6.07, 6.45) is 0.309. The van der Waals surface area contributed by atoms with Crippen molar-refractivity contribution in [2.24, 2.45) is 0 Å². The van der Waals surface area contributed by atoms with Crippen LogP contribution in [0.25, 0.3) is 10.7 Å². The predicted octanol–water partition coefficient (Wildman–Crippen LogP) is 3.54. The van der Waals surface area contributed by atoms with Gasteiger partial charge in [0, 0.05) is 17.8 Å². The van der Waals surface area contributed by atoms with Gasteiger partial charge in [0.05, 0.1) is 24.4 Å². The number of hydrogen-bond acceptors (Lipinski definition) is 7. The number of carbonyl (C=O) groups is 2. The third-order valence-corrected chi connectivity index (χ3v) is 6.05. The zero-order valence-electron chi connectivity index (χ0n) is 14.5. The highest BCUT2D eigenvalue weighted by Crippen LogP contribution is 2.24. The molecule has 0 aromatic carbocycles. The number of aromatic nitrogens is 3. The van der Waals surface area contributed by atoms with Crippen molar-refractivity contribution >= 4 is 46.8 Å². The molecule has 0 aliphatic rings. The van der Waals surface area contributed by atoms with Crippen LogP contribution in [0.3, 0.4) is 0 Å². The topological polar surface area (TPSA) is 89.0 Å². The molecule has 7 nitrogen and oxygen atoms in total. The van der Waals surface area contributed by atoms with Crippen molar-refractivity contribution < 1.29 is 14.3 Å². The van der Waals surface area contributed by atoms with Crippen LogP contribution >= 0.6 is 34.9 Å². The minimum Gasteiger partial charge on any atom is -0.469 e. The number of esters is 1. The van der Waals surface area contributed by atoms with Gasteiger partial charge in [-0.25, -0.2) is 0 Å². The summed E-state index contributed by atoms with van der Waals surface area (Å²) in [5.41, 5.74) is 0. The van der Waals surface area contributed by atoms with E-state index in [4.69, 9.17) is 17.0 Å². The molecular formula is C17H18N4O3S3. The first-order chi connectivity index (χ1) is 13.1. The molecule has 3 aromatic heterocycles. The second-order valence-electron chi connectivity index (χ2n) is 5.65. The molecule has 0 aliphatic heterocycles. The number of carbonyl (C=O) groups excluding carboxylic acids is 2. The lowest BCUT2D eigenvalue weighted by molar-refractivity contribution is -0.141. The van der Waals surface area contributed by atoms with Gasteiger partial charge in [0.1, 0.15) is 0 Å². The van der Waals surface area contributed by atoms with Crippen LogP contribution in [-0.2, 0) is 20.9 Å². The maximum atomic E-state index is 12.5. The average Bonchev–Trinajstić information content (AvgIpc) is 3.41. The van der Waals surface area contributed by atoms with Crippen molar-refractivity contribution in [1.29, 1.82) is 0 Å². The number of thiophene rings is 2. The van der Waals surface area contributed by atoms with Crippen LogP contribution < -0.4 is 5.32 Å². The minimum absolute atomic E-state index is 0.0916. The molecular weight excluding hydrogens is 404 g/mol. The summed E-state index contributed by atoms with van der Waals surface area (Å²) in [5, 5.41) is 13.8. The number of amides is 1. The summed E-state index contributed by atoms with van der Waals surface area (Å²) in [5.74, 6) is 0.176. The number of ether oxygens (including phenoxy) is 1. The van der Waals surface area contributed by atoms with Crippen molar-refractivity contribution in [2.45, 2.75) is 25.4 Å². The van der Waals surface area contributed by atoms with Gasteiger partial charge in [-0.05, 0) is 35.1 Å². The number of rotatable bonds is 8.